The van der Waals surface area contributed by atoms with Crippen molar-refractivity contribution in [2.45, 2.75) is 44.0 Å². The van der Waals surface area contributed by atoms with E-state index in [0.29, 0.717) is 0 Å². The lowest BCUT2D eigenvalue weighted by Crippen LogP contribution is -2.39. The van der Waals surface area contributed by atoms with Gasteiger partial charge >= 0.3 is 6.18 Å². The summed E-state index contributed by atoms with van der Waals surface area (Å²) in [4.78, 5) is 19.9. The number of hydrogen-bond donors (Lipinski definition) is 1. The van der Waals surface area contributed by atoms with Gasteiger partial charge in [0.05, 0.1) is 6.10 Å². The zero-order chi connectivity index (χ0) is 18.7. The van der Waals surface area contributed by atoms with Crippen molar-refractivity contribution >= 4 is 5.91 Å². The first-order chi connectivity index (χ1) is 12.4. The lowest BCUT2D eigenvalue weighted by atomic mass is 9.93. The van der Waals surface area contributed by atoms with E-state index in [0.717, 1.165) is 42.8 Å². The van der Waals surface area contributed by atoms with Crippen molar-refractivity contribution < 1.29 is 22.7 Å². The van der Waals surface area contributed by atoms with Crippen LogP contribution in [0.3, 0.4) is 0 Å². The van der Waals surface area contributed by atoms with Crippen molar-refractivity contribution in [3.05, 3.63) is 42.1 Å². The second-order valence-electron chi connectivity index (χ2n) is 6.23. The number of carbonyl (C=O) groups excluding carboxylic acids is 1. The summed E-state index contributed by atoms with van der Waals surface area (Å²) < 4.78 is 44.5. The van der Waals surface area contributed by atoms with Gasteiger partial charge in [0.25, 0.3) is 5.91 Å². The fourth-order valence-corrected chi connectivity index (χ4v) is 2.99. The van der Waals surface area contributed by atoms with E-state index < -0.39 is 11.9 Å². The number of methoxy groups -OCH3 is 1. The summed E-state index contributed by atoms with van der Waals surface area (Å²) in [5.41, 5.74) is -0.859. The summed E-state index contributed by atoms with van der Waals surface area (Å²) in [6.45, 7) is 0. The highest BCUT2D eigenvalue weighted by Gasteiger charge is 2.33. The Hall–Kier alpha value is -2.42. The van der Waals surface area contributed by atoms with E-state index in [9.17, 15) is 18.0 Å². The van der Waals surface area contributed by atoms with Crippen LogP contribution in [0.4, 0.5) is 13.2 Å². The van der Waals surface area contributed by atoms with Gasteiger partial charge in [0.2, 0.25) is 0 Å². The van der Waals surface area contributed by atoms with Gasteiger partial charge in [0, 0.05) is 19.3 Å². The molecule has 0 atom stereocenters. The van der Waals surface area contributed by atoms with Crippen LogP contribution in [-0.4, -0.2) is 39.7 Å². The molecule has 0 aromatic carbocycles. The highest BCUT2D eigenvalue weighted by molar-refractivity contribution is 5.92. The minimum atomic E-state index is -4.53. The number of ether oxygens (including phenoxy) is 1. The van der Waals surface area contributed by atoms with E-state index in [1.165, 1.54) is 12.1 Å². The Morgan fingerprint density at radius 2 is 2.00 bits per heavy atom. The normalized spacial score (nSPS) is 20.8. The van der Waals surface area contributed by atoms with Crippen LogP contribution in [0.5, 0.6) is 0 Å². The van der Waals surface area contributed by atoms with Crippen LogP contribution >= 0.6 is 0 Å². The molecule has 2 aromatic heterocycles. The van der Waals surface area contributed by atoms with Crippen molar-refractivity contribution in [3.8, 4) is 5.82 Å². The van der Waals surface area contributed by atoms with E-state index in [-0.39, 0.29) is 29.6 Å². The Balaban J connectivity index is 1.69. The molecule has 0 aliphatic heterocycles. The van der Waals surface area contributed by atoms with Crippen molar-refractivity contribution in [2.75, 3.05) is 7.11 Å². The molecular formula is C17H19F3N4O2. The summed E-state index contributed by atoms with van der Waals surface area (Å²) in [7, 11) is 1.68. The molecule has 0 bridgehead atoms. The highest BCUT2D eigenvalue weighted by Crippen LogP contribution is 2.28. The molecular weight excluding hydrogens is 349 g/mol. The number of rotatable bonds is 4. The number of nitrogens with one attached hydrogen (secondary N) is 1. The van der Waals surface area contributed by atoms with Crippen LogP contribution < -0.4 is 5.32 Å². The van der Waals surface area contributed by atoms with Gasteiger partial charge in [-0.15, -0.1) is 0 Å². The van der Waals surface area contributed by atoms with E-state index >= 15 is 0 Å². The third kappa shape index (κ3) is 4.21. The smallest absolute Gasteiger partial charge is 0.381 e. The zero-order valence-electron chi connectivity index (χ0n) is 14.2. The Morgan fingerprint density at radius 1 is 1.27 bits per heavy atom. The van der Waals surface area contributed by atoms with Crippen LogP contribution in [0.15, 0.2) is 30.7 Å². The second-order valence-corrected chi connectivity index (χ2v) is 6.23. The summed E-state index contributed by atoms with van der Waals surface area (Å²) in [5.74, 6) is -0.146. The number of amides is 1. The maximum atomic E-state index is 12.7. The zero-order valence-corrected chi connectivity index (χ0v) is 14.2. The Labute approximate surface area is 148 Å². The standard InChI is InChI=1S/C17H19F3N4O2/c1-26-12-7-5-11(6-8-12)22-16(25)13-3-2-4-15(23-13)24-9-14(21-10-24)17(18,19)20/h2-4,9-12H,5-8H2,1H3,(H,22,25). The summed E-state index contributed by atoms with van der Waals surface area (Å²) in [6, 6.07) is 4.67. The monoisotopic (exact) mass is 368 g/mol. The Morgan fingerprint density at radius 3 is 2.62 bits per heavy atom. The molecule has 1 fully saturated rings. The van der Waals surface area contributed by atoms with Crippen LogP contribution in [-0.2, 0) is 10.9 Å². The molecule has 1 aliphatic carbocycles. The molecule has 1 aliphatic rings. The van der Waals surface area contributed by atoms with Crippen molar-refractivity contribution in [1.29, 1.82) is 0 Å². The molecule has 2 aromatic rings. The molecule has 6 nitrogen and oxygen atoms in total. The maximum Gasteiger partial charge on any atom is 0.434 e. The van der Waals surface area contributed by atoms with Crippen LogP contribution in [0, 0.1) is 0 Å². The first kappa shape index (κ1) is 18.4. The highest BCUT2D eigenvalue weighted by atomic mass is 19.4. The largest absolute Gasteiger partial charge is 0.434 e. The van der Waals surface area contributed by atoms with E-state index in [1.807, 2.05) is 0 Å². The van der Waals surface area contributed by atoms with E-state index in [4.69, 9.17) is 4.74 Å². The minimum Gasteiger partial charge on any atom is -0.381 e. The third-order valence-electron chi connectivity index (χ3n) is 4.45. The molecule has 140 valence electrons. The predicted octanol–water partition coefficient (Wildman–Crippen LogP) is 2.97. The average Bonchev–Trinajstić information content (AvgIpc) is 3.13. The topological polar surface area (TPSA) is 69.0 Å². The lowest BCUT2D eigenvalue weighted by Gasteiger charge is -2.28. The predicted molar refractivity (Wildman–Crippen MR) is 86.9 cm³/mol. The number of aromatic nitrogens is 3. The van der Waals surface area contributed by atoms with Gasteiger partial charge < -0.3 is 10.1 Å². The Bertz CT molecular complexity index is 767. The van der Waals surface area contributed by atoms with E-state index in [1.54, 1.807) is 13.2 Å². The fourth-order valence-electron chi connectivity index (χ4n) is 2.99. The fraction of sp³-hybridized carbons (Fsp3) is 0.471. The SMILES string of the molecule is COC1CCC(NC(=O)c2cccc(-n3cnc(C(F)(F)F)c3)n2)CC1. The number of nitrogens with zero attached hydrogens (tertiary/aromatic N) is 3. The number of imidazole rings is 1. The number of alkyl halides is 3. The summed E-state index contributed by atoms with van der Waals surface area (Å²) in [6.07, 6.45) is 0.972. The summed E-state index contributed by atoms with van der Waals surface area (Å²) in [5, 5.41) is 2.93. The molecule has 26 heavy (non-hydrogen) atoms. The number of pyridine rings is 1. The second kappa shape index (κ2) is 7.45. The quantitative estimate of drug-likeness (QED) is 0.901. The van der Waals surface area contributed by atoms with Gasteiger partial charge in [-0.05, 0) is 37.8 Å². The Kier molecular flexibility index (Phi) is 5.26. The van der Waals surface area contributed by atoms with Gasteiger partial charge in [-0.25, -0.2) is 9.97 Å². The molecule has 0 unspecified atom stereocenters. The number of halogens is 3. The maximum absolute atomic E-state index is 12.7. The van der Waals surface area contributed by atoms with Crippen molar-refractivity contribution in [1.82, 2.24) is 19.9 Å². The average molecular weight is 368 g/mol. The van der Waals surface area contributed by atoms with Gasteiger partial charge in [-0.3, -0.25) is 9.36 Å². The molecule has 9 heteroatoms. The number of hydrogen-bond acceptors (Lipinski definition) is 4. The summed E-state index contributed by atoms with van der Waals surface area (Å²) >= 11 is 0. The van der Waals surface area contributed by atoms with Crippen molar-refractivity contribution in [2.24, 2.45) is 0 Å². The van der Waals surface area contributed by atoms with Gasteiger partial charge in [0.1, 0.15) is 17.8 Å². The van der Waals surface area contributed by atoms with E-state index in [2.05, 4.69) is 15.3 Å². The molecule has 1 N–H and O–H groups in total. The number of carbonyl (C=O) groups is 1. The first-order valence-electron chi connectivity index (χ1n) is 8.29. The first-order valence-corrected chi connectivity index (χ1v) is 8.29. The molecule has 0 radical (unpaired) electrons. The molecule has 1 amide bonds. The van der Waals surface area contributed by atoms with Gasteiger partial charge in [0.15, 0.2) is 5.69 Å². The van der Waals surface area contributed by atoms with Gasteiger partial charge in [-0.1, -0.05) is 6.07 Å². The van der Waals surface area contributed by atoms with Crippen LogP contribution in [0.25, 0.3) is 5.82 Å². The lowest BCUT2D eigenvalue weighted by molar-refractivity contribution is -0.140. The minimum absolute atomic E-state index is 0.0458. The third-order valence-corrected chi connectivity index (χ3v) is 4.45. The van der Waals surface area contributed by atoms with Crippen molar-refractivity contribution in [3.63, 3.8) is 0 Å². The van der Waals surface area contributed by atoms with Crippen LogP contribution in [0.1, 0.15) is 41.9 Å². The van der Waals surface area contributed by atoms with Crippen LogP contribution in [0.2, 0.25) is 0 Å². The molecule has 0 spiro atoms. The van der Waals surface area contributed by atoms with Gasteiger partial charge in [-0.2, -0.15) is 13.2 Å². The molecule has 1 saturated carbocycles. The molecule has 0 saturated heterocycles. The molecule has 2 heterocycles. The molecule has 3 rings (SSSR count).